The Morgan fingerprint density at radius 3 is 2.72 bits per heavy atom. The molecule has 0 spiro atoms. The summed E-state index contributed by atoms with van der Waals surface area (Å²) in [5.41, 5.74) is 1.83. The molecule has 0 bridgehead atoms. The van der Waals surface area contributed by atoms with Crippen LogP contribution in [0.25, 0.3) is 0 Å². The third-order valence-corrected chi connectivity index (χ3v) is 2.53. The number of aryl methyl sites for hydroxylation is 2. The summed E-state index contributed by atoms with van der Waals surface area (Å²) < 4.78 is 12.7. The van der Waals surface area contributed by atoms with Crippen molar-refractivity contribution in [3.8, 4) is 0 Å². The first-order valence-electron chi connectivity index (χ1n) is 5.70. The van der Waals surface area contributed by atoms with Gasteiger partial charge < -0.3 is 5.32 Å². The maximum Gasteiger partial charge on any atom is 0.225 e. The van der Waals surface area contributed by atoms with E-state index in [1.807, 2.05) is 6.92 Å². The van der Waals surface area contributed by atoms with E-state index >= 15 is 0 Å². The van der Waals surface area contributed by atoms with Gasteiger partial charge in [-0.2, -0.15) is 5.10 Å². The fraction of sp³-hybridized carbons (Fsp3) is 0.231. The summed E-state index contributed by atoms with van der Waals surface area (Å²) in [5, 5.41) is 9.35. The Bertz CT molecular complexity index is 533. The Balaban J connectivity index is 1.83. The van der Waals surface area contributed by atoms with E-state index in [-0.39, 0.29) is 11.7 Å². The van der Waals surface area contributed by atoms with Gasteiger partial charge in [0.15, 0.2) is 5.82 Å². The highest BCUT2D eigenvalue weighted by molar-refractivity contribution is 5.89. The van der Waals surface area contributed by atoms with Crippen molar-refractivity contribution in [3.63, 3.8) is 0 Å². The lowest BCUT2D eigenvalue weighted by atomic mass is 10.1. The fourth-order valence-electron chi connectivity index (χ4n) is 1.60. The Kier molecular flexibility index (Phi) is 3.72. The van der Waals surface area contributed by atoms with Crippen LogP contribution in [0.15, 0.2) is 30.3 Å². The van der Waals surface area contributed by atoms with E-state index in [9.17, 15) is 9.18 Å². The molecule has 0 unspecified atom stereocenters. The van der Waals surface area contributed by atoms with Gasteiger partial charge >= 0.3 is 0 Å². The van der Waals surface area contributed by atoms with Gasteiger partial charge in [-0.15, -0.1) is 0 Å². The topological polar surface area (TPSA) is 57.8 Å². The molecule has 0 saturated carbocycles. The van der Waals surface area contributed by atoms with Crippen LogP contribution in [0.5, 0.6) is 0 Å². The molecule has 1 aromatic carbocycles. The van der Waals surface area contributed by atoms with Crippen molar-refractivity contribution in [1.82, 2.24) is 10.2 Å². The highest BCUT2D eigenvalue weighted by Gasteiger charge is 2.05. The number of nitrogens with zero attached hydrogens (tertiary/aromatic N) is 1. The van der Waals surface area contributed by atoms with Crippen molar-refractivity contribution in [2.24, 2.45) is 0 Å². The Morgan fingerprint density at radius 1 is 1.39 bits per heavy atom. The molecule has 4 nitrogen and oxygen atoms in total. The zero-order chi connectivity index (χ0) is 13.0. The fourth-order valence-corrected chi connectivity index (χ4v) is 1.60. The lowest BCUT2D eigenvalue weighted by Gasteiger charge is -2.02. The first-order valence-corrected chi connectivity index (χ1v) is 5.70. The number of H-pyrrole nitrogens is 1. The largest absolute Gasteiger partial charge is 0.309 e. The van der Waals surface area contributed by atoms with Crippen molar-refractivity contribution >= 4 is 11.7 Å². The molecule has 0 saturated heterocycles. The van der Waals surface area contributed by atoms with E-state index in [0.29, 0.717) is 18.7 Å². The summed E-state index contributed by atoms with van der Waals surface area (Å²) in [7, 11) is 0. The van der Waals surface area contributed by atoms with Gasteiger partial charge in [0.05, 0.1) is 0 Å². The number of aromatic nitrogens is 2. The molecular weight excluding hydrogens is 233 g/mol. The van der Waals surface area contributed by atoms with E-state index < -0.39 is 0 Å². The van der Waals surface area contributed by atoms with Gasteiger partial charge in [-0.3, -0.25) is 9.89 Å². The van der Waals surface area contributed by atoms with E-state index in [0.717, 1.165) is 11.3 Å². The van der Waals surface area contributed by atoms with Crippen LogP contribution >= 0.6 is 0 Å². The van der Waals surface area contributed by atoms with Crippen LogP contribution in [-0.2, 0) is 11.2 Å². The van der Waals surface area contributed by atoms with Crippen LogP contribution in [0.4, 0.5) is 10.2 Å². The number of benzene rings is 1. The molecule has 0 aliphatic heterocycles. The third kappa shape index (κ3) is 3.41. The molecule has 2 rings (SSSR count). The molecule has 1 aromatic heterocycles. The zero-order valence-electron chi connectivity index (χ0n) is 10.0. The molecule has 2 N–H and O–H groups in total. The lowest BCUT2D eigenvalue weighted by Crippen LogP contribution is -2.12. The first kappa shape index (κ1) is 12.3. The standard InChI is InChI=1S/C13H14FN3O/c1-9-8-12(17-16-9)15-13(18)7-4-10-2-5-11(14)6-3-10/h2-3,5-6,8H,4,7H2,1H3,(H2,15,16,17,18). The number of carbonyl (C=O) groups is 1. The molecule has 5 heteroatoms. The van der Waals surface area contributed by atoms with Crippen LogP contribution in [0, 0.1) is 12.7 Å². The van der Waals surface area contributed by atoms with Gasteiger partial charge in [-0.05, 0) is 31.0 Å². The second-order valence-corrected chi connectivity index (χ2v) is 4.11. The van der Waals surface area contributed by atoms with Gasteiger partial charge in [0.2, 0.25) is 5.91 Å². The summed E-state index contributed by atoms with van der Waals surface area (Å²) >= 11 is 0. The molecular formula is C13H14FN3O. The molecule has 2 aromatic rings. The number of halogens is 1. The summed E-state index contributed by atoms with van der Waals surface area (Å²) in [5.74, 6) is 0.151. The van der Waals surface area contributed by atoms with E-state index in [1.165, 1.54) is 12.1 Å². The lowest BCUT2D eigenvalue weighted by molar-refractivity contribution is -0.116. The molecule has 0 fully saturated rings. The van der Waals surface area contributed by atoms with E-state index in [1.54, 1.807) is 18.2 Å². The number of carbonyl (C=O) groups excluding carboxylic acids is 1. The minimum atomic E-state index is -0.268. The van der Waals surface area contributed by atoms with E-state index in [2.05, 4.69) is 15.5 Å². The van der Waals surface area contributed by atoms with Crippen molar-refractivity contribution in [1.29, 1.82) is 0 Å². The highest BCUT2D eigenvalue weighted by atomic mass is 19.1. The number of aromatic amines is 1. The predicted octanol–water partition coefficient (Wildman–Crippen LogP) is 2.43. The maximum atomic E-state index is 12.7. The first-order chi connectivity index (χ1) is 8.63. The molecule has 0 radical (unpaired) electrons. The monoisotopic (exact) mass is 247 g/mol. The SMILES string of the molecule is Cc1cc(NC(=O)CCc2ccc(F)cc2)n[nH]1. The molecule has 0 aliphatic rings. The Labute approximate surface area is 104 Å². The number of hydrogen-bond acceptors (Lipinski definition) is 2. The van der Waals surface area contributed by atoms with Crippen LogP contribution in [0.3, 0.4) is 0 Å². The van der Waals surface area contributed by atoms with Gasteiger partial charge in [0.25, 0.3) is 0 Å². The Hall–Kier alpha value is -2.17. The van der Waals surface area contributed by atoms with Crippen molar-refractivity contribution in [3.05, 3.63) is 47.4 Å². The summed E-state index contributed by atoms with van der Waals surface area (Å²) in [6.45, 7) is 1.86. The van der Waals surface area contributed by atoms with Gasteiger partial charge in [0, 0.05) is 18.2 Å². The average molecular weight is 247 g/mol. The van der Waals surface area contributed by atoms with Crippen LogP contribution in [0.1, 0.15) is 17.7 Å². The molecule has 0 aliphatic carbocycles. The average Bonchev–Trinajstić information content (AvgIpc) is 2.74. The summed E-state index contributed by atoms with van der Waals surface area (Å²) in [6, 6.07) is 7.91. The minimum Gasteiger partial charge on any atom is -0.309 e. The summed E-state index contributed by atoms with van der Waals surface area (Å²) in [4.78, 5) is 11.6. The van der Waals surface area contributed by atoms with Crippen molar-refractivity contribution < 1.29 is 9.18 Å². The normalized spacial score (nSPS) is 10.3. The molecule has 94 valence electrons. The zero-order valence-corrected chi connectivity index (χ0v) is 10.0. The number of hydrogen-bond donors (Lipinski definition) is 2. The maximum absolute atomic E-state index is 12.7. The quantitative estimate of drug-likeness (QED) is 0.871. The number of nitrogens with one attached hydrogen (secondary N) is 2. The molecule has 1 heterocycles. The van der Waals surface area contributed by atoms with Crippen LogP contribution < -0.4 is 5.32 Å². The Morgan fingerprint density at radius 2 is 2.11 bits per heavy atom. The van der Waals surface area contributed by atoms with Crippen molar-refractivity contribution in [2.45, 2.75) is 19.8 Å². The predicted molar refractivity (Wildman–Crippen MR) is 66.7 cm³/mol. The number of anilines is 1. The molecule has 1 amide bonds. The van der Waals surface area contributed by atoms with Gasteiger partial charge in [-0.1, -0.05) is 12.1 Å². The second-order valence-electron chi connectivity index (χ2n) is 4.11. The van der Waals surface area contributed by atoms with Crippen molar-refractivity contribution in [2.75, 3.05) is 5.32 Å². The minimum absolute atomic E-state index is 0.106. The number of amides is 1. The van der Waals surface area contributed by atoms with E-state index in [4.69, 9.17) is 0 Å². The second kappa shape index (κ2) is 5.44. The highest BCUT2D eigenvalue weighted by Crippen LogP contribution is 2.08. The van der Waals surface area contributed by atoms with Gasteiger partial charge in [-0.25, -0.2) is 4.39 Å². The number of rotatable bonds is 4. The summed E-state index contributed by atoms with van der Waals surface area (Å²) in [6.07, 6.45) is 0.924. The smallest absolute Gasteiger partial charge is 0.225 e. The van der Waals surface area contributed by atoms with Crippen LogP contribution in [0.2, 0.25) is 0 Å². The molecule has 0 atom stereocenters. The molecule has 18 heavy (non-hydrogen) atoms. The third-order valence-electron chi connectivity index (χ3n) is 2.53. The van der Waals surface area contributed by atoms with Crippen LogP contribution in [-0.4, -0.2) is 16.1 Å². The van der Waals surface area contributed by atoms with Gasteiger partial charge in [0.1, 0.15) is 5.82 Å².